The van der Waals surface area contributed by atoms with Crippen LogP contribution in [-0.2, 0) is 0 Å². The highest BCUT2D eigenvalue weighted by molar-refractivity contribution is 6.09. The number of aryl methyl sites for hydroxylation is 2. The zero-order valence-corrected chi connectivity index (χ0v) is 11.5. The summed E-state index contributed by atoms with van der Waals surface area (Å²) in [6.07, 6.45) is 0. The Labute approximate surface area is 113 Å². The molecular weight excluding hydrogens is 236 g/mol. The maximum absolute atomic E-state index is 12.5. The lowest BCUT2D eigenvalue weighted by Crippen LogP contribution is -2.27. The molecule has 0 atom stereocenters. The molecule has 0 aliphatic rings. The Bertz CT molecular complexity index is 620. The smallest absolute Gasteiger partial charge is 0.260 e. The highest BCUT2D eigenvalue weighted by Gasteiger charge is 2.17. The van der Waals surface area contributed by atoms with Gasteiger partial charge in [0.2, 0.25) is 0 Å². The van der Waals surface area contributed by atoms with E-state index in [0.717, 1.165) is 16.8 Å². The minimum Gasteiger partial charge on any atom is -0.398 e. The fraction of sp³-hybridized carbons (Fsp3) is 0.188. The van der Waals surface area contributed by atoms with Crippen LogP contribution >= 0.6 is 0 Å². The van der Waals surface area contributed by atoms with Gasteiger partial charge in [0.15, 0.2) is 0 Å². The van der Waals surface area contributed by atoms with Crippen molar-refractivity contribution in [2.75, 3.05) is 17.7 Å². The van der Waals surface area contributed by atoms with E-state index in [1.165, 1.54) is 0 Å². The lowest BCUT2D eigenvalue weighted by molar-refractivity contribution is 0.0993. The summed E-state index contributed by atoms with van der Waals surface area (Å²) in [5.41, 5.74) is 9.99. The molecule has 19 heavy (non-hydrogen) atoms. The monoisotopic (exact) mass is 254 g/mol. The van der Waals surface area contributed by atoms with Gasteiger partial charge in [0, 0.05) is 18.4 Å². The fourth-order valence-corrected chi connectivity index (χ4v) is 2.11. The maximum atomic E-state index is 12.5. The highest BCUT2D eigenvalue weighted by atomic mass is 16.2. The van der Waals surface area contributed by atoms with Crippen LogP contribution in [0.3, 0.4) is 0 Å². The third-order valence-corrected chi connectivity index (χ3v) is 3.22. The van der Waals surface area contributed by atoms with Crippen LogP contribution in [0.1, 0.15) is 21.5 Å². The first-order valence-corrected chi connectivity index (χ1v) is 6.20. The molecule has 3 heteroatoms. The van der Waals surface area contributed by atoms with E-state index in [4.69, 9.17) is 5.73 Å². The Balaban J connectivity index is 2.37. The molecule has 0 radical (unpaired) electrons. The highest BCUT2D eigenvalue weighted by Crippen LogP contribution is 2.22. The van der Waals surface area contributed by atoms with E-state index < -0.39 is 0 Å². The van der Waals surface area contributed by atoms with Gasteiger partial charge in [0.1, 0.15) is 0 Å². The molecule has 2 aromatic rings. The molecule has 3 nitrogen and oxygen atoms in total. The van der Waals surface area contributed by atoms with Crippen LogP contribution in [0.2, 0.25) is 0 Å². The number of carbonyl (C=O) groups is 1. The average molecular weight is 254 g/mol. The summed E-state index contributed by atoms with van der Waals surface area (Å²) in [4.78, 5) is 14.1. The second kappa shape index (κ2) is 5.14. The molecule has 0 aromatic heterocycles. The summed E-state index contributed by atoms with van der Waals surface area (Å²) in [6.45, 7) is 3.94. The van der Waals surface area contributed by atoms with E-state index >= 15 is 0 Å². The quantitative estimate of drug-likeness (QED) is 0.837. The number of anilines is 2. The first-order valence-electron chi connectivity index (χ1n) is 6.20. The maximum Gasteiger partial charge on any atom is 0.260 e. The van der Waals surface area contributed by atoms with Gasteiger partial charge < -0.3 is 10.6 Å². The molecule has 0 aliphatic carbocycles. The molecule has 0 saturated heterocycles. The van der Waals surface area contributed by atoms with Crippen molar-refractivity contribution in [1.82, 2.24) is 0 Å². The standard InChI is InChI=1S/C16H18N2O/c1-11-8-9-13(14(17)10-11)16(19)18(3)15-7-5-4-6-12(15)2/h4-10H,17H2,1-3H3. The van der Waals surface area contributed by atoms with Crippen LogP contribution in [0.15, 0.2) is 42.5 Å². The van der Waals surface area contributed by atoms with Crippen LogP contribution in [0.25, 0.3) is 0 Å². The molecule has 2 N–H and O–H groups in total. The minimum absolute atomic E-state index is 0.0909. The number of nitrogen functional groups attached to an aromatic ring is 1. The van der Waals surface area contributed by atoms with Crippen LogP contribution in [-0.4, -0.2) is 13.0 Å². The minimum atomic E-state index is -0.0909. The van der Waals surface area contributed by atoms with Gasteiger partial charge in [-0.1, -0.05) is 24.3 Å². The summed E-state index contributed by atoms with van der Waals surface area (Å²) >= 11 is 0. The van der Waals surface area contributed by atoms with Gasteiger partial charge in [-0.25, -0.2) is 0 Å². The number of hydrogen-bond donors (Lipinski definition) is 1. The van der Waals surface area contributed by atoms with Gasteiger partial charge in [-0.2, -0.15) is 0 Å². The number of amides is 1. The van der Waals surface area contributed by atoms with Crippen LogP contribution in [0.4, 0.5) is 11.4 Å². The summed E-state index contributed by atoms with van der Waals surface area (Å²) in [6, 6.07) is 13.3. The molecule has 0 heterocycles. The number of nitrogens with two attached hydrogens (primary N) is 1. The van der Waals surface area contributed by atoms with Gasteiger partial charge in [-0.3, -0.25) is 4.79 Å². The molecule has 0 aliphatic heterocycles. The van der Waals surface area contributed by atoms with Gasteiger partial charge in [-0.15, -0.1) is 0 Å². The van der Waals surface area contributed by atoms with E-state index in [2.05, 4.69) is 0 Å². The Morgan fingerprint density at radius 1 is 1.11 bits per heavy atom. The van der Waals surface area contributed by atoms with Crippen molar-refractivity contribution >= 4 is 17.3 Å². The first-order chi connectivity index (χ1) is 9.00. The largest absolute Gasteiger partial charge is 0.398 e. The van der Waals surface area contributed by atoms with Crippen molar-refractivity contribution < 1.29 is 4.79 Å². The predicted octanol–water partition coefficient (Wildman–Crippen LogP) is 3.16. The molecule has 2 aromatic carbocycles. The van der Waals surface area contributed by atoms with Crippen molar-refractivity contribution in [2.45, 2.75) is 13.8 Å². The number of benzene rings is 2. The zero-order valence-electron chi connectivity index (χ0n) is 11.5. The number of carbonyl (C=O) groups excluding carboxylic acids is 1. The summed E-state index contributed by atoms with van der Waals surface area (Å²) in [5, 5.41) is 0. The lowest BCUT2D eigenvalue weighted by atomic mass is 10.1. The second-order valence-corrected chi connectivity index (χ2v) is 4.74. The molecule has 0 fully saturated rings. The van der Waals surface area contributed by atoms with E-state index in [1.54, 1.807) is 18.0 Å². The molecular formula is C16H18N2O. The van der Waals surface area contributed by atoms with Crippen LogP contribution < -0.4 is 10.6 Å². The van der Waals surface area contributed by atoms with E-state index in [-0.39, 0.29) is 5.91 Å². The predicted molar refractivity (Wildman–Crippen MR) is 79.5 cm³/mol. The summed E-state index contributed by atoms with van der Waals surface area (Å²) < 4.78 is 0. The van der Waals surface area contributed by atoms with Crippen LogP contribution in [0.5, 0.6) is 0 Å². The normalized spacial score (nSPS) is 10.3. The van der Waals surface area contributed by atoms with Crippen molar-refractivity contribution in [2.24, 2.45) is 0 Å². The second-order valence-electron chi connectivity index (χ2n) is 4.74. The molecule has 0 bridgehead atoms. The summed E-state index contributed by atoms with van der Waals surface area (Å²) in [7, 11) is 1.77. The van der Waals surface area contributed by atoms with E-state index in [0.29, 0.717) is 11.3 Å². The molecule has 0 unspecified atom stereocenters. The molecule has 0 saturated carbocycles. The van der Waals surface area contributed by atoms with Crippen molar-refractivity contribution in [3.63, 3.8) is 0 Å². The Hall–Kier alpha value is -2.29. The Kier molecular flexibility index (Phi) is 3.56. The zero-order chi connectivity index (χ0) is 14.0. The topological polar surface area (TPSA) is 46.3 Å². The van der Waals surface area contributed by atoms with Gasteiger partial charge in [-0.05, 0) is 43.2 Å². The number of rotatable bonds is 2. The Morgan fingerprint density at radius 3 is 2.42 bits per heavy atom. The van der Waals surface area contributed by atoms with Crippen molar-refractivity contribution in [3.8, 4) is 0 Å². The Morgan fingerprint density at radius 2 is 1.79 bits per heavy atom. The third-order valence-electron chi connectivity index (χ3n) is 3.22. The number of hydrogen-bond acceptors (Lipinski definition) is 2. The van der Waals surface area contributed by atoms with Gasteiger partial charge in [0.05, 0.1) is 5.56 Å². The molecule has 2 rings (SSSR count). The molecule has 1 amide bonds. The summed E-state index contributed by atoms with van der Waals surface area (Å²) in [5.74, 6) is -0.0909. The van der Waals surface area contributed by atoms with E-state index in [1.807, 2.05) is 50.2 Å². The SMILES string of the molecule is Cc1ccc(C(=O)N(C)c2ccccc2C)c(N)c1. The van der Waals surface area contributed by atoms with Crippen molar-refractivity contribution in [1.29, 1.82) is 0 Å². The van der Waals surface area contributed by atoms with E-state index in [9.17, 15) is 4.79 Å². The number of para-hydroxylation sites is 1. The lowest BCUT2D eigenvalue weighted by Gasteiger charge is -2.20. The molecule has 0 spiro atoms. The number of nitrogens with zero attached hydrogens (tertiary/aromatic N) is 1. The van der Waals surface area contributed by atoms with Crippen molar-refractivity contribution in [3.05, 3.63) is 59.2 Å². The van der Waals surface area contributed by atoms with Crippen LogP contribution in [0, 0.1) is 13.8 Å². The molecule has 98 valence electrons. The fourth-order valence-electron chi connectivity index (χ4n) is 2.11. The average Bonchev–Trinajstić information content (AvgIpc) is 2.38. The van der Waals surface area contributed by atoms with Gasteiger partial charge >= 0.3 is 0 Å². The third kappa shape index (κ3) is 2.60. The first kappa shape index (κ1) is 13.1. The van der Waals surface area contributed by atoms with Gasteiger partial charge in [0.25, 0.3) is 5.91 Å².